The fraction of sp³-hybridized carbons (Fsp3) is 0.500. The van der Waals surface area contributed by atoms with Crippen LogP contribution in [0, 0.1) is 0 Å². The number of rotatable bonds is 5. The third-order valence-electron chi connectivity index (χ3n) is 3.69. The zero-order chi connectivity index (χ0) is 15.2. The number of anilines is 1. The van der Waals surface area contributed by atoms with Gasteiger partial charge in [0.05, 0.1) is 0 Å². The predicted molar refractivity (Wildman–Crippen MR) is 83.3 cm³/mol. The van der Waals surface area contributed by atoms with Gasteiger partial charge in [0.1, 0.15) is 0 Å². The van der Waals surface area contributed by atoms with E-state index in [1.807, 2.05) is 24.3 Å². The van der Waals surface area contributed by atoms with Crippen molar-refractivity contribution >= 4 is 17.5 Å². The summed E-state index contributed by atoms with van der Waals surface area (Å²) in [7, 11) is 1.77. The van der Waals surface area contributed by atoms with Gasteiger partial charge in [0.25, 0.3) is 5.91 Å². The van der Waals surface area contributed by atoms with E-state index in [-0.39, 0.29) is 17.9 Å². The minimum atomic E-state index is -0.0789. The highest BCUT2D eigenvalue weighted by Gasteiger charge is 2.24. The van der Waals surface area contributed by atoms with Gasteiger partial charge in [-0.05, 0) is 37.1 Å². The lowest BCUT2D eigenvalue weighted by Gasteiger charge is -2.30. The summed E-state index contributed by atoms with van der Waals surface area (Å²) in [6.45, 7) is 3.62. The normalized spacial score (nSPS) is 18.5. The second-order valence-electron chi connectivity index (χ2n) is 5.49. The third-order valence-corrected chi connectivity index (χ3v) is 3.69. The van der Waals surface area contributed by atoms with E-state index in [4.69, 9.17) is 0 Å². The second kappa shape index (κ2) is 7.11. The molecule has 0 saturated carbocycles. The van der Waals surface area contributed by atoms with Gasteiger partial charge in [0.15, 0.2) is 0 Å². The number of carbonyl (C=O) groups excluding carboxylic acids is 2. The first-order valence-electron chi connectivity index (χ1n) is 7.49. The van der Waals surface area contributed by atoms with Crippen LogP contribution < -0.4 is 10.6 Å². The summed E-state index contributed by atoms with van der Waals surface area (Å²) >= 11 is 0. The van der Waals surface area contributed by atoms with Crippen LogP contribution in [0.5, 0.6) is 0 Å². The molecule has 1 fully saturated rings. The van der Waals surface area contributed by atoms with E-state index < -0.39 is 0 Å². The van der Waals surface area contributed by atoms with Crippen LogP contribution in [0.15, 0.2) is 24.3 Å². The molecule has 0 radical (unpaired) electrons. The Morgan fingerprint density at radius 3 is 2.67 bits per heavy atom. The Hall–Kier alpha value is -2.04. The molecular weight excluding hydrogens is 266 g/mol. The molecule has 1 aromatic carbocycles. The maximum Gasteiger partial charge on any atom is 0.251 e. The number of nitrogens with zero attached hydrogens (tertiary/aromatic N) is 1. The molecule has 1 saturated heterocycles. The first-order valence-corrected chi connectivity index (χ1v) is 7.49. The predicted octanol–water partition coefficient (Wildman–Crippen LogP) is 1.86. The summed E-state index contributed by atoms with van der Waals surface area (Å²) in [6, 6.07) is 7.52. The van der Waals surface area contributed by atoms with Gasteiger partial charge in [-0.1, -0.05) is 6.92 Å². The second-order valence-corrected chi connectivity index (χ2v) is 5.49. The maximum absolute atomic E-state index is 12.2. The van der Waals surface area contributed by atoms with Crippen LogP contribution in [-0.4, -0.2) is 42.9 Å². The number of hydrogen-bond acceptors (Lipinski definition) is 3. The molecule has 1 aliphatic heterocycles. The molecule has 0 aromatic heterocycles. The van der Waals surface area contributed by atoms with E-state index in [2.05, 4.69) is 17.6 Å². The summed E-state index contributed by atoms with van der Waals surface area (Å²) in [5.74, 6) is 0.0663. The number of likely N-dealkylation sites (N-methyl/N-ethyl adjacent to an activating group) is 1. The monoisotopic (exact) mass is 289 g/mol. The largest absolute Gasteiger partial charge is 0.385 e. The summed E-state index contributed by atoms with van der Waals surface area (Å²) in [5, 5.41) is 6.27. The van der Waals surface area contributed by atoms with Gasteiger partial charge in [0.2, 0.25) is 5.91 Å². The molecule has 0 aliphatic carbocycles. The van der Waals surface area contributed by atoms with E-state index in [0.717, 1.165) is 18.7 Å². The van der Waals surface area contributed by atoms with Crippen LogP contribution in [0.3, 0.4) is 0 Å². The summed E-state index contributed by atoms with van der Waals surface area (Å²) < 4.78 is 0. The standard InChI is InChI=1S/C16H23N3O2/c1-3-10-17-13-6-4-12(5-7-13)16(21)18-14-8-9-15(20)19(2)11-14/h4-7,14,17H,3,8-11H2,1-2H3,(H,18,21). The molecule has 5 nitrogen and oxygen atoms in total. The van der Waals surface area contributed by atoms with Crippen LogP contribution >= 0.6 is 0 Å². The molecule has 0 spiro atoms. The first-order chi connectivity index (χ1) is 10.1. The molecule has 5 heteroatoms. The lowest BCUT2D eigenvalue weighted by Crippen LogP contribution is -2.48. The Balaban J connectivity index is 1.89. The highest BCUT2D eigenvalue weighted by molar-refractivity contribution is 5.94. The number of likely N-dealkylation sites (tertiary alicyclic amines) is 1. The van der Waals surface area contributed by atoms with Crippen molar-refractivity contribution in [3.8, 4) is 0 Å². The molecule has 1 aliphatic rings. The molecule has 2 amide bonds. The average molecular weight is 289 g/mol. The van der Waals surface area contributed by atoms with E-state index in [0.29, 0.717) is 24.9 Å². The van der Waals surface area contributed by atoms with Gasteiger partial charge in [-0.3, -0.25) is 9.59 Å². The molecule has 1 atom stereocenters. The molecule has 1 heterocycles. The van der Waals surface area contributed by atoms with E-state index >= 15 is 0 Å². The van der Waals surface area contributed by atoms with Crippen molar-refractivity contribution in [3.05, 3.63) is 29.8 Å². The van der Waals surface area contributed by atoms with Gasteiger partial charge in [-0.25, -0.2) is 0 Å². The Labute approximate surface area is 125 Å². The Bertz CT molecular complexity index is 499. The Morgan fingerprint density at radius 1 is 1.33 bits per heavy atom. The van der Waals surface area contributed by atoms with Gasteiger partial charge in [-0.15, -0.1) is 0 Å². The molecule has 1 aromatic rings. The highest BCUT2D eigenvalue weighted by Crippen LogP contribution is 2.12. The van der Waals surface area contributed by atoms with Crippen LogP contribution in [0.2, 0.25) is 0 Å². The van der Waals surface area contributed by atoms with E-state index in [1.54, 1.807) is 11.9 Å². The quantitative estimate of drug-likeness (QED) is 0.870. The Morgan fingerprint density at radius 2 is 2.05 bits per heavy atom. The molecule has 1 unspecified atom stereocenters. The van der Waals surface area contributed by atoms with Crippen LogP contribution in [0.25, 0.3) is 0 Å². The summed E-state index contributed by atoms with van der Waals surface area (Å²) in [4.78, 5) is 25.3. The van der Waals surface area contributed by atoms with Crippen molar-refractivity contribution in [1.82, 2.24) is 10.2 Å². The van der Waals surface area contributed by atoms with Crippen molar-refractivity contribution in [2.45, 2.75) is 32.2 Å². The number of benzene rings is 1. The SMILES string of the molecule is CCCNc1ccc(C(=O)NC2CCC(=O)N(C)C2)cc1. The fourth-order valence-electron chi connectivity index (χ4n) is 2.41. The fourth-order valence-corrected chi connectivity index (χ4v) is 2.41. The lowest BCUT2D eigenvalue weighted by molar-refractivity contribution is -0.132. The van der Waals surface area contributed by atoms with Crippen LogP contribution in [0.1, 0.15) is 36.5 Å². The number of hydrogen-bond donors (Lipinski definition) is 2. The minimum absolute atomic E-state index is 0.0399. The van der Waals surface area contributed by atoms with Crippen molar-refractivity contribution in [2.24, 2.45) is 0 Å². The van der Waals surface area contributed by atoms with Crippen LogP contribution in [-0.2, 0) is 4.79 Å². The number of nitrogens with one attached hydrogen (secondary N) is 2. The third kappa shape index (κ3) is 4.21. The van der Waals surface area contributed by atoms with Gasteiger partial charge >= 0.3 is 0 Å². The smallest absolute Gasteiger partial charge is 0.251 e. The zero-order valence-corrected chi connectivity index (χ0v) is 12.7. The van der Waals surface area contributed by atoms with Crippen molar-refractivity contribution < 1.29 is 9.59 Å². The lowest BCUT2D eigenvalue weighted by atomic mass is 10.0. The Kier molecular flexibility index (Phi) is 5.20. The minimum Gasteiger partial charge on any atom is -0.385 e. The van der Waals surface area contributed by atoms with Gasteiger partial charge < -0.3 is 15.5 Å². The van der Waals surface area contributed by atoms with Crippen molar-refractivity contribution in [1.29, 1.82) is 0 Å². The number of amides is 2. The average Bonchev–Trinajstić information content (AvgIpc) is 2.49. The molecule has 114 valence electrons. The molecular formula is C16H23N3O2. The zero-order valence-electron chi connectivity index (χ0n) is 12.7. The van der Waals surface area contributed by atoms with E-state index in [1.165, 1.54) is 0 Å². The molecule has 2 N–H and O–H groups in total. The van der Waals surface area contributed by atoms with Gasteiger partial charge in [0, 0.05) is 43.9 Å². The highest BCUT2D eigenvalue weighted by atomic mass is 16.2. The first kappa shape index (κ1) is 15.4. The molecule has 2 rings (SSSR count). The summed E-state index contributed by atoms with van der Waals surface area (Å²) in [6.07, 6.45) is 2.28. The number of carbonyl (C=O) groups is 2. The topological polar surface area (TPSA) is 61.4 Å². The summed E-state index contributed by atoms with van der Waals surface area (Å²) in [5.41, 5.74) is 1.67. The molecule has 21 heavy (non-hydrogen) atoms. The molecule has 0 bridgehead atoms. The van der Waals surface area contributed by atoms with Crippen LogP contribution in [0.4, 0.5) is 5.69 Å². The van der Waals surface area contributed by atoms with Crippen molar-refractivity contribution in [2.75, 3.05) is 25.5 Å². The van der Waals surface area contributed by atoms with Gasteiger partial charge in [-0.2, -0.15) is 0 Å². The maximum atomic E-state index is 12.2. The number of piperidine rings is 1. The van der Waals surface area contributed by atoms with Crippen molar-refractivity contribution in [3.63, 3.8) is 0 Å². The van der Waals surface area contributed by atoms with E-state index in [9.17, 15) is 9.59 Å².